The van der Waals surface area contributed by atoms with Crippen LogP contribution in [0.3, 0.4) is 0 Å². The monoisotopic (exact) mass is 282 g/mol. The molecule has 112 valence electrons. The average molecular weight is 282 g/mol. The smallest absolute Gasteiger partial charge is 0.412 e. The molecule has 0 aliphatic rings. The maximum atomic E-state index is 11.8. The van der Waals surface area contributed by atoms with Gasteiger partial charge in [-0.05, 0) is 26.8 Å². The van der Waals surface area contributed by atoms with Crippen LogP contribution in [0, 0.1) is 0 Å². The fourth-order valence-corrected chi connectivity index (χ4v) is 1.60. The van der Waals surface area contributed by atoms with E-state index in [4.69, 9.17) is 15.2 Å². The molecule has 0 aromatic heterocycles. The largest absolute Gasteiger partial charge is 0.497 e. The van der Waals surface area contributed by atoms with Crippen LogP contribution in [-0.2, 0) is 4.74 Å². The van der Waals surface area contributed by atoms with E-state index in [0.717, 1.165) is 0 Å². The lowest BCUT2D eigenvalue weighted by Crippen LogP contribution is -2.28. The Labute approximate surface area is 118 Å². The molecule has 0 aliphatic carbocycles. The van der Waals surface area contributed by atoms with Gasteiger partial charge in [0.1, 0.15) is 11.4 Å². The van der Waals surface area contributed by atoms with Crippen LogP contribution in [0.25, 0.3) is 0 Å². The lowest BCUT2D eigenvalue weighted by Gasteiger charge is -2.21. The summed E-state index contributed by atoms with van der Waals surface area (Å²) in [6.45, 7) is 5.37. The van der Waals surface area contributed by atoms with E-state index in [0.29, 0.717) is 17.0 Å². The fourth-order valence-electron chi connectivity index (χ4n) is 1.60. The van der Waals surface area contributed by atoms with Crippen LogP contribution in [-0.4, -0.2) is 30.5 Å². The predicted octanol–water partition coefficient (Wildman–Crippen LogP) is 2.03. The third-order valence-electron chi connectivity index (χ3n) is 2.48. The first-order chi connectivity index (χ1) is 9.26. The van der Waals surface area contributed by atoms with E-state index in [1.807, 2.05) is 0 Å². The highest BCUT2D eigenvalue weighted by molar-refractivity contribution is 5.86. The fraction of sp³-hybridized carbons (Fsp3) is 0.500. The van der Waals surface area contributed by atoms with Gasteiger partial charge in [0, 0.05) is 18.2 Å². The van der Waals surface area contributed by atoms with Crippen LogP contribution in [0.1, 0.15) is 32.4 Å². The zero-order valence-electron chi connectivity index (χ0n) is 12.3. The van der Waals surface area contributed by atoms with E-state index in [9.17, 15) is 9.90 Å². The van der Waals surface area contributed by atoms with Gasteiger partial charge in [-0.2, -0.15) is 0 Å². The van der Waals surface area contributed by atoms with E-state index < -0.39 is 17.8 Å². The molecular weight excluding hydrogens is 260 g/mol. The summed E-state index contributed by atoms with van der Waals surface area (Å²) < 4.78 is 10.3. The van der Waals surface area contributed by atoms with Gasteiger partial charge in [0.2, 0.25) is 0 Å². The van der Waals surface area contributed by atoms with Gasteiger partial charge in [0.05, 0.1) is 18.9 Å². The highest BCUT2D eigenvalue weighted by Crippen LogP contribution is 2.27. The normalized spacial score (nSPS) is 12.7. The van der Waals surface area contributed by atoms with Crippen molar-refractivity contribution < 1.29 is 19.4 Å². The van der Waals surface area contributed by atoms with Crippen molar-refractivity contribution in [3.05, 3.63) is 23.8 Å². The van der Waals surface area contributed by atoms with Gasteiger partial charge in [-0.15, -0.1) is 0 Å². The first-order valence-electron chi connectivity index (χ1n) is 6.33. The molecule has 0 saturated heterocycles. The van der Waals surface area contributed by atoms with Gasteiger partial charge in [-0.3, -0.25) is 5.32 Å². The zero-order valence-corrected chi connectivity index (χ0v) is 12.3. The van der Waals surface area contributed by atoms with Gasteiger partial charge in [-0.1, -0.05) is 6.07 Å². The van der Waals surface area contributed by atoms with Crippen molar-refractivity contribution in [1.82, 2.24) is 0 Å². The second-order valence-corrected chi connectivity index (χ2v) is 5.33. The third-order valence-corrected chi connectivity index (χ3v) is 2.48. The SMILES string of the molecule is COc1ccc(C(O)CN)c(NC(=O)OC(C)(C)C)c1. The zero-order chi connectivity index (χ0) is 15.3. The number of aliphatic hydroxyl groups is 1. The minimum absolute atomic E-state index is 0.0509. The number of benzene rings is 1. The molecule has 0 spiro atoms. The first-order valence-corrected chi connectivity index (χ1v) is 6.33. The Balaban J connectivity index is 2.98. The van der Waals surface area contributed by atoms with Crippen LogP contribution in [0.4, 0.5) is 10.5 Å². The molecule has 20 heavy (non-hydrogen) atoms. The molecule has 1 rings (SSSR count). The summed E-state index contributed by atoms with van der Waals surface area (Å²) in [6, 6.07) is 4.95. The Hall–Kier alpha value is -1.79. The summed E-state index contributed by atoms with van der Waals surface area (Å²) in [4.78, 5) is 11.8. The van der Waals surface area contributed by atoms with Crippen LogP contribution in [0.15, 0.2) is 18.2 Å². The Bertz CT molecular complexity index is 469. The Morgan fingerprint density at radius 3 is 2.60 bits per heavy atom. The molecule has 0 radical (unpaired) electrons. The van der Waals surface area contributed by atoms with Gasteiger partial charge >= 0.3 is 6.09 Å². The molecule has 0 aliphatic heterocycles. The van der Waals surface area contributed by atoms with Gasteiger partial charge in [0.25, 0.3) is 0 Å². The van der Waals surface area contributed by atoms with E-state index in [1.54, 1.807) is 39.0 Å². The molecule has 1 aromatic rings. The van der Waals surface area contributed by atoms with Crippen LogP contribution < -0.4 is 15.8 Å². The van der Waals surface area contributed by atoms with E-state index >= 15 is 0 Å². The van der Waals surface area contributed by atoms with Gasteiger partial charge in [-0.25, -0.2) is 4.79 Å². The van der Waals surface area contributed by atoms with Crippen molar-refractivity contribution in [2.45, 2.75) is 32.5 Å². The number of ether oxygens (including phenoxy) is 2. The second kappa shape index (κ2) is 6.58. The lowest BCUT2D eigenvalue weighted by atomic mass is 10.1. The molecule has 6 heteroatoms. The van der Waals surface area contributed by atoms with Crippen molar-refractivity contribution in [1.29, 1.82) is 0 Å². The van der Waals surface area contributed by atoms with E-state index in [1.165, 1.54) is 7.11 Å². The topological polar surface area (TPSA) is 93.8 Å². The molecule has 0 bridgehead atoms. The van der Waals surface area contributed by atoms with Crippen molar-refractivity contribution in [3.63, 3.8) is 0 Å². The highest BCUT2D eigenvalue weighted by atomic mass is 16.6. The van der Waals surface area contributed by atoms with Crippen molar-refractivity contribution in [3.8, 4) is 5.75 Å². The van der Waals surface area contributed by atoms with Crippen molar-refractivity contribution >= 4 is 11.8 Å². The second-order valence-electron chi connectivity index (χ2n) is 5.33. The van der Waals surface area contributed by atoms with Gasteiger partial charge < -0.3 is 20.3 Å². The lowest BCUT2D eigenvalue weighted by molar-refractivity contribution is 0.0635. The number of aliphatic hydroxyl groups excluding tert-OH is 1. The number of rotatable bonds is 4. The number of amides is 1. The molecule has 1 amide bonds. The Morgan fingerprint density at radius 2 is 2.10 bits per heavy atom. The summed E-state index contributed by atoms with van der Waals surface area (Å²) in [5.41, 5.74) is 5.78. The summed E-state index contributed by atoms with van der Waals surface area (Å²) in [5, 5.41) is 12.5. The molecule has 1 atom stereocenters. The number of nitrogens with one attached hydrogen (secondary N) is 1. The summed E-state index contributed by atoms with van der Waals surface area (Å²) in [7, 11) is 1.52. The number of carbonyl (C=O) groups excluding carboxylic acids is 1. The standard InChI is InChI=1S/C14H22N2O4/c1-14(2,3)20-13(18)16-11-7-9(19-4)5-6-10(11)12(17)8-15/h5-7,12,17H,8,15H2,1-4H3,(H,16,18). The molecule has 0 saturated carbocycles. The maximum Gasteiger partial charge on any atom is 0.412 e. The first kappa shape index (κ1) is 16.3. The summed E-state index contributed by atoms with van der Waals surface area (Å²) in [5.74, 6) is 0.559. The number of nitrogens with two attached hydrogens (primary N) is 1. The minimum atomic E-state index is -0.870. The quantitative estimate of drug-likeness (QED) is 0.785. The summed E-state index contributed by atoms with van der Waals surface area (Å²) >= 11 is 0. The van der Waals surface area contributed by atoms with Crippen molar-refractivity contribution in [2.75, 3.05) is 19.0 Å². The molecule has 4 N–H and O–H groups in total. The van der Waals surface area contributed by atoms with Crippen molar-refractivity contribution in [2.24, 2.45) is 5.73 Å². The predicted molar refractivity (Wildman–Crippen MR) is 76.9 cm³/mol. The molecule has 1 aromatic carbocycles. The Morgan fingerprint density at radius 1 is 1.45 bits per heavy atom. The van der Waals surface area contributed by atoms with E-state index in [2.05, 4.69) is 5.32 Å². The summed E-state index contributed by atoms with van der Waals surface area (Å²) in [6.07, 6.45) is -1.47. The maximum absolute atomic E-state index is 11.8. The molecule has 1 unspecified atom stereocenters. The number of hydrogen-bond donors (Lipinski definition) is 3. The van der Waals surface area contributed by atoms with Gasteiger partial charge in [0.15, 0.2) is 0 Å². The third kappa shape index (κ3) is 4.71. The molecule has 0 heterocycles. The average Bonchev–Trinajstić information content (AvgIpc) is 2.35. The van der Waals surface area contributed by atoms with Crippen LogP contribution in [0.5, 0.6) is 5.75 Å². The minimum Gasteiger partial charge on any atom is -0.497 e. The number of hydrogen-bond acceptors (Lipinski definition) is 5. The number of carbonyl (C=O) groups is 1. The number of anilines is 1. The Kier molecular flexibility index (Phi) is 5.35. The molecule has 0 fully saturated rings. The molecule has 6 nitrogen and oxygen atoms in total. The highest BCUT2D eigenvalue weighted by Gasteiger charge is 2.19. The van der Waals surface area contributed by atoms with Crippen LogP contribution in [0.2, 0.25) is 0 Å². The number of methoxy groups -OCH3 is 1. The van der Waals surface area contributed by atoms with E-state index in [-0.39, 0.29) is 6.54 Å². The molecular formula is C14H22N2O4. The van der Waals surface area contributed by atoms with Crippen LogP contribution >= 0.6 is 0 Å².